The molecule has 0 atom stereocenters. The zero-order valence-electron chi connectivity index (χ0n) is 19.3. The fourth-order valence-corrected chi connectivity index (χ4v) is 3.97. The number of aryl methyl sites for hydroxylation is 1. The van der Waals surface area contributed by atoms with E-state index in [1.807, 2.05) is 6.07 Å². The lowest BCUT2D eigenvalue weighted by Gasteiger charge is -2.20. The Morgan fingerprint density at radius 3 is 2.74 bits per heavy atom. The van der Waals surface area contributed by atoms with Crippen LogP contribution >= 0.6 is 0 Å². The number of nitrogens with zero attached hydrogens (tertiary/aromatic N) is 6. The summed E-state index contributed by atoms with van der Waals surface area (Å²) in [6.07, 6.45) is 6.00. The highest BCUT2D eigenvalue weighted by molar-refractivity contribution is 6.09. The number of ether oxygens (including phenoxy) is 2. The van der Waals surface area contributed by atoms with Crippen LogP contribution in [0.4, 0.5) is 11.5 Å². The maximum Gasteiger partial charge on any atom is 0.261 e. The summed E-state index contributed by atoms with van der Waals surface area (Å²) in [5.74, 6) is 0.598. The van der Waals surface area contributed by atoms with Crippen molar-refractivity contribution in [3.63, 3.8) is 0 Å². The maximum absolute atomic E-state index is 13.2. The summed E-state index contributed by atoms with van der Waals surface area (Å²) in [5.41, 5.74) is 1.65. The van der Waals surface area contributed by atoms with Crippen LogP contribution in [0.1, 0.15) is 23.2 Å². The minimum Gasteiger partial charge on any atom is -0.494 e. The molecule has 0 saturated carbocycles. The van der Waals surface area contributed by atoms with Crippen LogP contribution in [-0.4, -0.2) is 61.5 Å². The van der Waals surface area contributed by atoms with E-state index in [4.69, 9.17) is 9.47 Å². The molecule has 1 fully saturated rings. The van der Waals surface area contributed by atoms with Crippen LogP contribution < -0.4 is 15.4 Å². The summed E-state index contributed by atoms with van der Waals surface area (Å²) in [6.45, 7) is 1.14. The van der Waals surface area contributed by atoms with Crippen molar-refractivity contribution in [1.29, 1.82) is 0 Å². The van der Waals surface area contributed by atoms with Gasteiger partial charge >= 0.3 is 0 Å². The number of para-hydroxylation sites is 1. The van der Waals surface area contributed by atoms with Crippen LogP contribution in [0.25, 0.3) is 17.0 Å². The van der Waals surface area contributed by atoms with Crippen molar-refractivity contribution in [2.75, 3.05) is 31.0 Å². The van der Waals surface area contributed by atoms with Crippen LogP contribution in [0.3, 0.4) is 0 Å². The number of fused-ring (bicyclic) bond motifs is 1. The normalized spacial score (nSPS) is 14.1. The number of nitrogens with one attached hydrogen (secondary N) is 2. The monoisotopic (exact) mass is 476 g/mol. The van der Waals surface area contributed by atoms with E-state index < -0.39 is 5.91 Å². The van der Waals surface area contributed by atoms with E-state index in [9.17, 15) is 9.59 Å². The zero-order chi connectivity index (χ0) is 24.4. The van der Waals surface area contributed by atoms with Gasteiger partial charge in [-0.25, -0.2) is 14.5 Å². The van der Waals surface area contributed by atoms with Crippen LogP contribution in [0.5, 0.6) is 5.75 Å². The third kappa shape index (κ3) is 4.55. The maximum atomic E-state index is 13.2. The molecule has 1 aliphatic heterocycles. The topological polar surface area (TPSA) is 138 Å². The van der Waals surface area contributed by atoms with Crippen molar-refractivity contribution < 1.29 is 19.1 Å². The van der Waals surface area contributed by atoms with Crippen LogP contribution in [-0.2, 0) is 16.6 Å². The summed E-state index contributed by atoms with van der Waals surface area (Å²) in [6, 6.07) is 6.96. The van der Waals surface area contributed by atoms with Gasteiger partial charge in [-0.2, -0.15) is 10.2 Å². The zero-order valence-corrected chi connectivity index (χ0v) is 19.3. The highest BCUT2D eigenvalue weighted by Gasteiger charge is 2.23. The molecule has 0 unspecified atom stereocenters. The van der Waals surface area contributed by atoms with Gasteiger partial charge < -0.3 is 20.1 Å². The number of carbonyl (C=O) groups excluding carboxylic acids is 2. The number of hydrogen-bond acceptors (Lipinski definition) is 8. The number of hydrogen-bond donors (Lipinski definition) is 2. The van der Waals surface area contributed by atoms with Crippen molar-refractivity contribution in [1.82, 2.24) is 29.4 Å². The summed E-state index contributed by atoms with van der Waals surface area (Å²) < 4.78 is 14.0. The molecule has 0 bridgehead atoms. The number of aromatic nitrogens is 6. The molecule has 2 N–H and O–H groups in total. The lowest BCUT2D eigenvalue weighted by Crippen LogP contribution is -2.28. The minimum absolute atomic E-state index is 0.111. The number of carbonyl (C=O) groups is 2. The SMILES string of the molecule is COc1c(NC(=O)c2cnn3ccc(NC(=O)C4CCOCC4)nc23)cccc1-c1ncn(C)n1. The molecule has 0 radical (unpaired) electrons. The highest BCUT2D eigenvalue weighted by Crippen LogP contribution is 2.35. The molecular formula is C23H24N8O4. The van der Waals surface area contributed by atoms with Gasteiger partial charge in [0.25, 0.3) is 5.91 Å². The molecule has 12 nitrogen and oxygen atoms in total. The van der Waals surface area contributed by atoms with Gasteiger partial charge in [0.2, 0.25) is 5.91 Å². The number of amides is 2. The van der Waals surface area contributed by atoms with Gasteiger partial charge in [0.05, 0.1) is 24.6 Å². The quantitative estimate of drug-likeness (QED) is 0.432. The summed E-state index contributed by atoms with van der Waals surface area (Å²) >= 11 is 0. The second kappa shape index (κ2) is 9.50. The summed E-state index contributed by atoms with van der Waals surface area (Å²) in [5, 5.41) is 14.2. The highest BCUT2D eigenvalue weighted by atomic mass is 16.5. The Bertz CT molecular complexity index is 1390. The molecule has 0 aliphatic carbocycles. The van der Waals surface area contributed by atoms with Gasteiger partial charge in [-0.3, -0.25) is 14.3 Å². The Labute approximate surface area is 200 Å². The minimum atomic E-state index is -0.426. The van der Waals surface area contributed by atoms with E-state index in [2.05, 4.69) is 30.8 Å². The fourth-order valence-electron chi connectivity index (χ4n) is 3.97. The molecule has 5 rings (SSSR count). The van der Waals surface area contributed by atoms with Gasteiger partial charge in [-0.05, 0) is 31.0 Å². The number of methoxy groups -OCH3 is 1. The van der Waals surface area contributed by atoms with Crippen molar-refractivity contribution in [3.05, 3.63) is 48.5 Å². The van der Waals surface area contributed by atoms with Crippen molar-refractivity contribution in [2.45, 2.75) is 12.8 Å². The summed E-state index contributed by atoms with van der Waals surface area (Å²) in [7, 11) is 3.29. The van der Waals surface area contributed by atoms with Gasteiger partial charge in [0, 0.05) is 32.4 Å². The van der Waals surface area contributed by atoms with Gasteiger partial charge in [-0.1, -0.05) is 6.07 Å². The third-order valence-electron chi connectivity index (χ3n) is 5.76. The first-order valence-electron chi connectivity index (χ1n) is 11.1. The first-order chi connectivity index (χ1) is 17.0. The first kappa shape index (κ1) is 22.5. The van der Waals surface area contributed by atoms with Crippen LogP contribution in [0.15, 0.2) is 43.0 Å². The van der Waals surface area contributed by atoms with Gasteiger partial charge in [0.1, 0.15) is 17.7 Å². The Morgan fingerprint density at radius 2 is 2.00 bits per heavy atom. The molecule has 0 spiro atoms. The van der Waals surface area contributed by atoms with E-state index in [-0.39, 0.29) is 17.4 Å². The number of rotatable bonds is 6. The second-order valence-corrected chi connectivity index (χ2v) is 8.10. The van der Waals surface area contributed by atoms with E-state index in [1.54, 1.807) is 42.5 Å². The molecule has 1 aliphatic rings. The molecule has 35 heavy (non-hydrogen) atoms. The standard InChI is InChI=1S/C23H24N8O4/c1-30-13-24-20(29-30)15-4-3-5-17(19(15)34-2)26-23(33)16-12-25-31-9-6-18(27-21(16)31)28-22(32)14-7-10-35-11-8-14/h3-6,9,12-14H,7-8,10-11H2,1-2H3,(H,26,33)(H,27,28,32). The molecular weight excluding hydrogens is 452 g/mol. The average molecular weight is 476 g/mol. The molecule has 180 valence electrons. The fraction of sp³-hybridized carbons (Fsp3) is 0.304. The summed E-state index contributed by atoms with van der Waals surface area (Å²) in [4.78, 5) is 34.5. The molecule has 12 heteroatoms. The van der Waals surface area contributed by atoms with Crippen molar-refractivity contribution >= 4 is 29.0 Å². The molecule has 4 aromatic rings. The van der Waals surface area contributed by atoms with E-state index in [0.717, 1.165) is 0 Å². The van der Waals surface area contributed by atoms with E-state index >= 15 is 0 Å². The largest absolute Gasteiger partial charge is 0.494 e. The molecule has 1 saturated heterocycles. The van der Waals surface area contributed by atoms with Crippen molar-refractivity contribution in [3.8, 4) is 17.1 Å². The predicted octanol–water partition coefficient (Wildman–Crippen LogP) is 2.15. The molecule has 2 amide bonds. The Morgan fingerprint density at radius 1 is 1.17 bits per heavy atom. The van der Waals surface area contributed by atoms with E-state index in [0.29, 0.717) is 60.3 Å². The van der Waals surface area contributed by atoms with Crippen molar-refractivity contribution in [2.24, 2.45) is 13.0 Å². The Hall–Kier alpha value is -4.32. The number of benzene rings is 1. The van der Waals surface area contributed by atoms with Gasteiger partial charge in [-0.15, -0.1) is 0 Å². The van der Waals surface area contributed by atoms with Crippen LogP contribution in [0.2, 0.25) is 0 Å². The lowest BCUT2D eigenvalue weighted by atomic mass is 9.99. The lowest BCUT2D eigenvalue weighted by molar-refractivity contribution is -0.122. The average Bonchev–Trinajstić information content (AvgIpc) is 3.50. The molecule has 3 aromatic heterocycles. The van der Waals surface area contributed by atoms with E-state index in [1.165, 1.54) is 17.8 Å². The molecule has 4 heterocycles. The van der Waals surface area contributed by atoms with Gasteiger partial charge in [0.15, 0.2) is 17.2 Å². The molecule has 1 aromatic carbocycles. The third-order valence-corrected chi connectivity index (χ3v) is 5.76. The Balaban J connectivity index is 1.39. The Kier molecular flexibility index (Phi) is 6.10. The second-order valence-electron chi connectivity index (χ2n) is 8.10. The number of anilines is 2. The first-order valence-corrected chi connectivity index (χ1v) is 11.1. The smallest absolute Gasteiger partial charge is 0.261 e. The predicted molar refractivity (Wildman–Crippen MR) is 126 cm³/mol. The van der Waals surface area contributed by atoms with Crippen LogP contribution in [0, 0.1) is 5.92 Å².